The predicted octanol–water partition coefficient (Wildman–Crippen LogP) is 4.84. The van der Waals surface area contributed by atoms with Crippen LogP contribution in [0.5, 0.6) is 11.5 Å². The van der Waals surface area contributed by atoms with Crippen LogP contribution in [0.2, 0.25) is 0 Å². The molecule has 0 fully saturated rings. The fourth-order valence-electron chi connectivity index (χ4n) is 4.00. The minimum absolute atomic E-state index is 0.0187. The molecule has 3 aromatic rings. The molecule has 2 aliphatic heterocycles. The first-order valence-electron chi connectivity index (χ1n) is 10.9. The van der Waals surface area contributed by atoms with Gasteiger partial charge < -0.3 is 20.5 Å². The molecule has 0 amide bonds. The third kappa shape index (κ3) is 5.80. The van der Waals surface area contributed by atoms with E-state index in [4.69, 9.17) is 14.6 Å². The molecule has 0 bridgehead atoms. The Kier molecular flexibility index (Phi) is 7.18. The summed E-state index contributed by atoms with van der Waals surface area (Å²) in [5, 5.41) is 20.4. The zero-order valence-electron chi connectivity index (χ0n) is 19.1. The number of hydrogen-bond acceptors (Lipinski definition) is 6. The Morgan fingerprint density at radius 2 is 1.66 bits per heavy atom. The topological polar surface area (TPSA) is 116 Å². The second kappa shape index (κ2) is 10.2. The number of ether oxygens (including phenoxy) is 1. The first-order valence-corrected chi connectivity index (χ1v) is 10.9. The number of aromatic nitrogens is 2. The lowest BCUT2D eigenvalue weighted by Gasteiger charge is -2.32. The smallest absolute Gasteiger partial charge is 0.475 e. The molecule has 0 saturated carbocycles. The number of H-pyrrole nitrogens is 1. The fourth-order valence-corrected chi connectivity index (χ4v) is 4.00. The van der Waals surface area contributed by atoms with Crippen molar-refractivity contribution >= 4 is 17.6 Å². The lowest BCUT2D eigenvalue weighted by Crippen LogP contribution is -2.39. The lowest BCUT2D eigenvalue weighted by molar-refractivity contribution is -0.192. The van der Waals surface area contributed by atoms with Crippen molar-refractivity contribution in [3.8, 4) is 11.5 Å². The number of rotatable bonds is 3. The number of carboxylic acid groups (broad SMARTS) is 1. The number of aromatic amines is 1. The maximum Gasteiger partial charge on any atom is 0.490 e. The second-order valence-electron chi connectivity index (χ2n) is 8.18. The summed E-state index contributed by atoms with van der Waals surface area (Å²) in [5.74, 6) is -1.96. The number of Topliss-reactive ketones (excluding diaryl/α,β-unsaturated/α-hetero) is 1. The van der Waals surface area contributed by atoms with Gasteiger partial charge in [0, 0.05) is 29.3 Å². The zero-order chi connectivity index (χ0) is 27.7. The number of carbonyl (C=O) groups excluding carboxylic acids is 1. The van der Waals surface area contributed by atoms with Crippen LogP contribution in [-0.4, -0.2) is 46.3 Å². The van der Waals surface area contributed by atoms with Crippen LogP contribution in [0.4, 0.5) is 32.2 Å². The van der Waals surface area contributed by atoms with Gasteiger partial charge in [-0.25, -0.2) is 4.79 Å². The molecule has 5 rings (SSSR count). The summed E-state index contributed by atoms with van der Waals surface area (Å²) in [5.41, 5.74) is 2.27. The summed E-state index contributed by atoms with van der Waals surface area (Å²) in [4.78, 5) is 21.6. The molecule has 1 unspecified atom stereocenters. The second-order valence-corrected chi connectivity index (χ2v) is 8.18. The number of ketones is 1. The first kappa shape index (κ1) is 26.7. The van der Waals surface area contributed by atoms with Crippen LogP contribution < -0.4 is 15.4 Å². The summed E-state index contributed by atoms with van der Waals surface area (Å²) in [6, 6.07) is 11.8. The van der Waals surface area contributed by atoms with Crippen LogP contribution in [-0.2, 0) is 15.8 Å². The van der Waals surface area contributed by atoms with Gasteiger partial charge in [-0.15, -0.1) is 0 Å². The highest BCUT2D eigenvalue weighted by atomic mass is 19.4. The highest BCUT2D eigenvalue weighted by Gasteiger charge is 2.38. The molecule has 200 valence electrons. The fraction of sp³-hybridized carbons (Fsp3) is 0.208. The van der Waals surface area contributed by atoms with E-state index in [2.05, 4.69) is 20.8 Å². The number of benzene rings is 2. The van der Waals surface area contributed by atoms with Crippen molar-refractivity contribution in [2.24, 2.45) is 0 Å². The van der Waals surface area contributed by atoms with Gasteiger partial charge in [-0.2, -0.15) is 31.4 Å². The maximum atomic E-state index is 13.0. The number of carbonyl (C=O) groups is 2. The molecular formula is C24H18F6N4O4. The number of fused-ring (bicyclic) bond motifs is 1. The third-order valence-corrected chi connectivity index (χ3v) is 5.59. The van der Waals surface area contributed by atoms with Crippen molar-refractivity contribution in [2.75, 3.05) is 18.4 Å². The van der Waals surface area contributed by atoms with Gasteiger partial charge in [0.05, 0.1) is 18.3 Å². The number of alkyl halides is 6. The van der Waals surface area contributed by atoms with E-state index in [0.29, 0.717) is 23.7 Å². The lowest BCUT2D eigenvalue weighted by atomic mass is 9.79. The summed E-state index contributed by atoms with van der Waals surface area (Å²) in [7, 11) is 0. The molecule has 4 N–H and O–H groups in total. The molecule has 3 heterocycles. The van der Waals surface area contributed by atoms with Gasteiger partial charge in [-0.3, -0.25) is 9.89 Å². The van der Waals surface area contributed by atoms with E-state index in [-0.39, 0.29) is 24.0 Å². The van der Waals surface area contributed by atoms with Crippen LogP contribution >= 0.6 is 0 Å². The van der Waals surface area contributed by atoms with E-state index >= 15 is 0 Å². The molecule has 0 spiro atoms. The Labute approximate surface area is 210 Å². The van der Waals surface area contributed by atoms with E-state index in [9.17, 15) is 31.1 Å². The summed E-state index contributed by atoms with van der Waals surface area (Å²) in [6.07, 6.45) is -7.86. The van der Waals surface area contributed by atoms with E-state index in [1.54, 1.807) is 24.4 Å². The molecule has 14 heteroatoms. The minimum atomic E-state index is -5.08. The van der Waals surface area contributed by atoms with Gasteiger partial charge in [-0.1, -0.05) is 18.2 Å². The first-order chi connectivity index (χ1) is 17.8. The van der Waals surface area contributed by atoms with E-state index in [1.807, 2.05) is 6.07 Å². The van der Waals surface area contributed by atoms with Crippen LogP contribution in [0, 0.1) is 0 Å². The molecule has 1 atom stereocenters. The van der Waals surface area contributed by atoms with Crippen molar-refractivity contribution < 1.29 is 45.8 Å². The number of anilines is 1. The van der Waals surface area contributed by atoms with E-state index in [0.717, 1.165) is 29.0 Å². The van der Waals surface area contributed by atoms with Crippen molar-refractivity contribution in [1.82, 2.24) is 15.5 Å². The largest absolute Gasteiger partial charge is 0.490 e. The van der Waals surface area contributed by atoms with Gasteiger partial charge in [0.25, 0.3) is 0 Å². The summed E-state index contributed by atoms with van der Waals surface area (Å²) in [6.45, 7) is 0.765. The average molecular weight is 540 g/mol. The van der Waals surface area contributed by atoms with Crippen molar-refractivity contribution in [2.45, 2.75) is 18.3 Å². The normalized spacial score (nSPS) is 17.0. The SMILES string of the molecule is O=C(O)C(F)(F)F.O=C1CNCC2=C1C(c1cccc(Oc3cccc(C(F)(F)F)c3)c1)c1cn[nH]c1N2. The maximum absolute atomic E-state index is 13.0. The van der Waals surface area contributed by atoms with Gasteiger partial charge in [-0.05, 0) is 35.9 Å². The van der Waals surface area contributed by atoms with Gasteiger partial charge in [0.1, 0.15) is 17.3 Å². The number of nitrogens with one attached hydrogen (secondary N) is 3. The van der Waals surface area contributed by atoms with Gasteiger partial charge >= 0.3 is 18.3 Å². The van der Waals surface area contributed by atoms with Crippen LogP contribution in [0.1, 0.15) is 22.6 Å². The number of aliphatic carboxylic acids is 1. The van der Waals surface area contributed by atoms with Crippen molar-refractivity contribution in [3.63, 3.8) is 0 Å². The predicted molar refractivity (Wildman–Crippen MR) is 121 cm³/mol. The highest BCUT2D eigenvalue weighted by molar-refractivity contribution is 6.02. The van der Waals surface area contributed by atoms with E-state index in [1.165, 1.54) is 12.1 Å². The Hall–Kier alpha value is -4.33. The molecule has 2 aliphatic rings. The van der Waals surface area contributed by atoms with Crippen molar-refractivity contribution in [3.05, 3.63) is 82.7 Å². The van der Waals surface area contributed by atoms with Gasteiger partial charge in [0.2, 0.25) is 0 Å². The Morgan fingerprint density at radius 3 is 2.32 bits per heavy atom. The van der Waals surface area contributed by atoms with Gasteiger partial charge in [0.15, 0.2) is 5.78 Å². The average Bonchev–Trinajstić information content (AvgIpc) is 3.31. The third-order valence-electron chi connectivity index (χ3n) is 5.59. The Bertz CT molecular complexity index is 1400. The molecule has 1 aromatic heterocycles. The number of halogens is 6. The quantitative estimate of drug-likeness (QED) is 0.352. The zero-order valence-corrected chi connectivity index (χ0v) is 19.1. The van der Waals surface area contributed by atoms with E-state index < -0.39 is 23.9 Å². The summed E-state index contributed by atoms with van der Waals surface area (Å²) < 4.78 is 76.5. The standard InChI is InChI=1S/C22H17F3N4O2.C2HF3O2/c23-22(24,25)13-4-2-6-15(8-13)31-14-5-1-3-12(7-14)19-16-9-27-29-21(16)28-17-10-26-11-18(30)20(17)19;3-2(4,5)1(6)7/h1-9,19,26H,10-11H2,(H2,27,28,29);(H,6,7). The molecule has 0 aliphatic carbocycles. The molecule has 0 radical (unpaired) electrons. The van der Waals surface area contributed by atoms with Crippen LogP contribution in [0.25, 0.3) is 0 Å². The van der Waals surface area contributed by atoms with Crippen molar-refractivity contribution in [1.29, 1.82) is 0 Å². The monoisotopic (exact) mass is 540 g/mol. The number of carboxylic acids is 1. The van der Waals surface area contributed by atoms with Crippen LogP contribution in [0.3, 0.4) is 0 Å². The molecular weight excluding hydrogens is 522 g/mol. The highest BCUT2D eigenvalue weighted by Crippen LogP contribution is 2.43. The number of nitrogens with zero attached hydrogens (tertiary/aromatic N) is 1. The minimum Gasteiger partial charge on any atom is -0.475 e. The Balaban J connectivity index is 0.000000426. The molecule has 2 aromatic carbocycles. The summed E-state index contributed by atoms with van der Waals surface area (Å²) >= 11 is 0. The van der Waals surface area contributed by atoms with Crippen LogP contribution in [0.15, 0.2) is 66.0 Å². The molecule has 8 nitrogen and oxygen atoms in total. The molecule has 0 saturated heterocycles. The molecule has 38 heavy (non-hydrogen) atoms. The Morgan fingerprint density at radius 1 is 1.00 bits per heavy atom. The number of hydrogen-bond donors (Lipinski definition) is 4.